The van der Waals surface area contributed by atoms with Crippen molar-refractivity contribution in [2.75, 3.05) is 39.3 Å². The topological polar surface area (TPSA) is 99.3 Å². The van der Waals surface area contributed by atoms with Crippen LogP contribution in [-0.4, -0.2) is 98.5 Å². The number of rotatable bonds is 8. The highest BCUT2D eigenvalue weighted by Gasteiger charge is 2.37. The number of nitrogens with one attached hydrogen (secondary N) is 1. The van der Waals surface area contributed by atoms with Gasteiger partial charge in [-0.2, -0.15) is 4.72 Å². The largest absolute Gasteiger partial charge is 0.373 e. The van der Waals surface area contributed by atoms with Gasteiger partial charge in [-0.05, 0) is 63.8 Å². The second-order valence-corrected chi connectivity index (χ2v) is 15.4. The molecule has 214 valence electrons. The van der Waals surface area contributed by atoms with E-state index in [4.69, 9.17) is 16.3 Å². The molecule has 4 unspecified atom stereocenters. The normalized spacial score (nSPS) is 26.9. The van der Waals surface area contributed by atoms with Gasteiger partial charge in [-0.15, -0.1) is 22.7 Å². The number of hydrogen-bond acceptors (Lipinski definition) is 8. The van der Waals surface area contributed by atoms with Crippen molar-refractivity contribution in [1.29, 1.82) is 0 Å². The molecular formula is C26H35ClN4O5S3. The van der Waals surface area contributed by atoms with Gasteiger partial charge in [0.1, 0.15) is 10.3 Å². The summed E-state index contributed by atoms with van der Waals surface area (Å²) in [5, 5.41) is 0. The van der Waals surface area contributed by atoms with Gasteiger partial charge in [-0.25, -0.2) is 8.42 Å². The fourth-order valence-corrected chi connectivity index (χ4v) is 9.52. The summed E-state index contributed by atoms with van der Waals surface area (Å²) < 4.78 is 35.5. The smallest absolute Gasteiger partial charge is 0.250 e. The summed E-state index contributed by atoms with van der Waals surface area (Å²) in [6, 6.07) is 6.17. The van der Waals surface area contributed by atoms with Crippen LogP contribution in [0.3, 0.4) is 0 Å². The van der Waals surface area contributed by atoms with Crippen LogP contribution >= 0.6 is 34.3 Å². The molecule has 1 N–H and O–H groups in total. The van der Waals surface area contributed by atoms with E-state index in [-0.39, 0.29) is 40.8 Å². The Labute approximate surface area is 243 Å². The first-order valence-corrected chi connectivity index (χ1v) is 16.9. The number of carbonyl (C=O) groups is 2. The molecule has 2 aromatic rings. The highest BCUT2D eigenvalue weighted by molar-refractivity contribution is 7.91. The fourth-order valence-electron chi connectivity index (χ4n) is 5.84. The van der Waals surface area contributed by atoms with E-state index in [1.54, 1.807) is 18.2 Å². The van der Waals surface area contributed by atoms with Gasteiger partial charge in [0.2, 0.25) is 11.8 Å². The second-order valence-electron chi connectivity index (χ2n) is 10.7. The van der Waals surface area contributed by atoms with E-state index < -0.39 is 16.1 Å². The second kappa shape index (κ2) is 12.1. The van der Waals surface area contributed by atoms with Gasteiger partial charge in [0.25, 0.3) is 10.0 Å². The number of ether oxygens (including phenoxy) is 1. The monoisotopic (exact) mass is 614 g/mol. The number of thiophene rings is 2. The van der Waals surface area contributed by atoms with Crippen LogP contribution in [0, 0.1) is 0 Å². The Hall–Kier alpha value is -1.54. The standard InChI is InChI=1S/C26H35ClN4O5S3/c1-17-13-29(14-18(2)36-17)15-19-5-3-12-31(19)24(32)16-30-11-4-6-20(26(30)33)28-39(34,35)25-10-8-22(38-25)21-7-9-23(27)37-21/h7-10,17-20,28H,3-6,11-16H2,1-2H3. The van der Waals surface area contributed by atoms with E-state index in [0.717, 1.165) is 53.6 Å². The van der Waals surface area contributed by atoms with Crippen LogP contribution in [0.2, 0.25) is 4.34 Å². The van der Waals surface area contributed by atoms with Crippen molar-refractivity contribution in [1.82, 2.24) is 19.4 Å². The van der Waals surface area contributed by atoms with E-state index in [0.29, 0.717) is 30.3 Å². The first-order valence-electron chi connectivity index (χ1n) is 13.4. The van der Waals surface area contributed by atoms with Crippen molar-refractivity contribution in [3.05, 3.63) is 28.6 Å². The van der Waals surface area contributed by atoms with Gasteiger partial charge in [0, 0.05) is 48.5 Å². The molecule has 5 rings (SSSR count). The van der Waals surface area contributed by atoms with Crippen molar-refractivity contribution < 1.29 is 22.7 Å². The maximum atomic E-state index is 13.3. The zero-order chi connectivity index (χ0) is 27.7. The van der Waals surface area contributed by atoms with Crippen molar-refractivity contribution >= 4 is 56.1 Å². The van der Waals surface area contributed by atoms with Gasteiger partial charge < -0.3 is 14.5 Å². The number of amides is 2. The van der Waals surface area contributed by atoms with Crippen molar-refractivity contribution in [3.8, 4) is 9.75 Å². The fraction of sp³-hybridized carbons (Fsp3) is 0.615. The average molecular weight is 615 g/mol. The Morgan fingerprint density at radius 2 is 1.74 bits per heavy atom. The molecule has 5 heterocycles. The van der Waals surface area contributed by atoms with Crippen molar-refractivity contribution in [2.45, 2.75) is 68.0 Å². The van der Waals surface area contributed by atoms with Crippen LogP contribution in [0.25, 0.3) is 9.75 Å². The molecule has 0 aromatic carbocycles. The summed E-state index contributed by atoms with van der Waals surface area (Å²) in [4.78, 5) is 34.1. The lowest BCUT2D eigenvalue weighted by Gasteiger charge is -2.39. The third-order valence-corrected chi connectivity index (χ3v) is 12.0. The summed E-state index contributed by atoms with van der Waals surface area (Å²) in [6.07, 6.45) is 3.26. The van der Waals surface area contributed by atoms with E-state index in [1.165, 1.54) is 16.2 Å². The molecule has 0 spiro atoms. The van der Waals surface area contributed by atoms with Crippen LogP contribution < -0.4 is 4.72 Å². The predicted octanol–water partition coefficient (Wildman–Crippen LogP) is 3.50. The highest BCUT2D eigenvalue weighted by Crippen LogP contribution is 2.37. The Balaban J connectivity index is 1.19. The summed E-state index contributed by atoms with van der Waals surface area (Å²) in [7, 11) is -3.89. The van der Waals surface area contributed by atoms with Crippen molar-refractivity contribution in [3.63, 3.8) is 0 Å². The van der Waals surface area contributed by atoms with Crippen molar-refractivity contribution in [2.24, 2.45) is 0 Å². The van der Waals surface area contributed by atoms with E-state index >= 15 is 0 Å². The quantitative estimate of drug-likeness (QED) is 0.489. The first kappa shape index (κ1) is 29.0. The molecule has 2 aromatic heterocycles. The number of halogens is 1. The molecule has 0 aliphatic carbocycles. The molecule has 9 nitrogen and oxygen atoms in total. The highest BCUT2D eigenvalue weighted by atomic mass is 35.5. The molecule has 3 aliphatic heterocycles. The average Bonchev–Trinajstić information content (AvgIpc) is 3.62. The molecule has 3 aliphatic rings. The zero-order valence-corrected chi connectivity index (χ0v) is 25.4. The Morgan fingerprint density at radius 1 is 1.05 bits per heavy atom. The minimum Gasteiger partial charge on any atom is -0.373 e. The lowest BCUT2D eigenvalue weighted by Crippen LogP contribution is -2.56. The number of nitrogens with zero attached hydrogens (tertiary/aromatic N) is 3. The molecule has 3 fully saturated rings. The van der Waals surface area contributed by atoms with Gasteiger partial charge in [-0.3, -0.25) is 14.5 Å². The van der Waals surface area contributed by atoms with E-state index in [1.807, 2.05) is 11.0 Å². The number of morpholine rings is 1. The SMILES string of the molecule is CC1CN(CC2CCCN2C(=O)CN2CCCC(NS(=O)(=O)c3ccc(-c4ccc(Cl)s4)s3)C2=O)CC(C)O1. The number of hydrogen-bond donors (Lipinski definition) is 1. The van der Waals surface area contributed by atoms with E-state index in [2.05, 4.69) is 23.5 Å². The summed E-state index contributed by atoms with van der Waals surface area (Å²) in [6.45, 7) is 7.76. The molecule has 4 atom stereocenters. The van der Waals surface area contributed by atoms with Crippen LogP contribution in [-0.2, 0) is 24.3 Å². The number of piperidine rings is 1. The van der Waals surface area contributed by atoms with Gasteiger partial charge in [0.15, 0.2) is 0 Å². The summed E-state index contributed by atoms with van der Waals surface area (Å²) in [5.74, 6) is -0.409. The molecule has 13 heteroatoms. The maximum Gasteiger partial charge on any atom is 0.250 e. The van der Waals surface area contributed by atoms with Crippen LogP contribution in [0.4, 0.5) is 0 Å². The first-order chi connectivity index (χ1) is 18.6. The number of carbonyl (C=O) groups excluding carboxylic acids is 2. The van der Waals surface area contributed by atoms with Gasteiger partial charge in [-0.1, -0.05) is 11.6 Å². The van der Waals surface area contributed by atoms with Crippen LogP contribution in [0.15, 0.2) is 28.5 Å². The third kappa shape index (κ3) is 6.86. The summed E-state index contributed by atoms with van der Waals surface area (Å²) in [5.41, 5.74) is 0. The van der Waals surface area contributed by atoms with E-state index in [9.17, 15) is 18.0 Å². The molecular weight excluding hydrogens is 580 g/mol. The van der Waals surface area contributed by atoms with Crippen LogP contribution in [0.5, 0.6) is 0 Å². The predicted molar refractivity (Wildman–Crippen MR) is 154 cm³/mol. The maximum absolute atomic E-state index is 13.3. The minimum atomic E-state index is -3.89. The Bertz CT molecular complexity index is 1290. The Morgan fingerprint density at radius 3 is 2.46 bits per heavy atom. The number of sulfonamides is 1. The molecule has 0 radical (unpaired) electrons. The Kier molecular flexibility index (Phi) is 9.02. The third-order valence-electron chi connectivity index (χ3n) is 7.48. The number of likely N-dealkylation sites (tertiary alicyclic amines) is 2. The molecule has 0 saturated carbocycles. The lowest BCUT2D eigenvalue weighted by atomic mass is 10.1. The molecule has 3 saturated heterocycles. The van der Waals surface area contributed by atoms with Gasteiger partial charge >= 0.3 is 0 Å². The van der Waals surface area contributed by atoms with Gasteiger partial charge in [0.05, 0.1) is 23.1 Å². The molecule has 2 amide bonds. The minimum absolute atomic E-state index is 0.0221. The lowest BCUT2D eigenvalue weighted by molar-refractivity contribution is -0.144. The van der Waals surface area contributed by atoms with Crippen LogP contribution in [0.1, 0.15) is 39.5 Å². The summed E-state index contributed by atoms with van der Waals surface area (Å²) >= 11 is 8.55. The molecule has 39 heavy (non-hydrogen) atoms. The zero-order valence-electron chi connectivity index (χ0n) is 22.2. The molecule has 0 bridgehead atoms.